The number of hydrogen-bond acceptors (Lipinski definition) is 3. The molecule has 1 fully saturated rings. The standard InChI is InChI=1S/C33H34F3N3O2/c34-33(35,36)22-37-31(41)32(28-13-5-3-11-26(28)27-12-4-6-14-29(27)32)17-7-8-18-38-19-15-24(16-20-38)39-21-23-9-1-2-10-25(23)30(39)40/h1-6,9-14,21,24,40H,7-8,15-20,22H2,(H,37,41). The van der Waals surface area contributed by atoms with E-state index in [1.54, 1.807) is 0 Å². The molecule has 1 aromatic heterocycles. The van der Waals surface area contributed by atoms with Gasteiger partial charge in [-0.2, -0.15) is 13.2 Å². The van der Waals surface area contributed by atoms with Crippen LogP contribution >= 0.6 is 0 Å². The average Bonchev–Trinajstić information content (AvgIpc) is 3.47. The van der Waals surface area contributed by atoms with Crippen molar-refractivity contribution in [2.45, 2.75) is 49.7 Å². The lowest BCUT2D eigenvalue weighted by Crippen LogP contribution is -2.47. The summed E-state index contributed by atoms with van der Waals surface area (Å²) in [6.45, 7) is 1.32. The van der Waals surface area contributed by atoms with Crippen LogP contribution in [0.5, 0.6) is 5.88 Å². The van der Waals surface area contributed by atoms with Crippen LogP contribution in [0.15, 0.2) is 79.0 Å². The number of fused-ring (bicyclic) bond motifs is 4. The smallest absolute Gasteiger partial charge is 0.405 e. The van der Waals surface area contributed by atoms with Gasteiger partial charge in [0.05, 0.1) is 0 Å². The summed E-state index contributed by atoms with van der Waals surface area (Å²) in [5.41, 5.74) is 2.22. The molecule has 1 amide bonds. The molecular formula is C33H34F3N3O2. The van der Waals surface area contributed by atoms with Gasteiger partial charge in [0, 0.05) is 36.1 Å². The first-order valence-corrected chi connectivity index (χ1v) is 14.3. The molecule has 6 rings (SSSR count). The minimum atomic E-state index is -4.48. The number of likely N-dealkylation sites (tertiary alicyclic amines) is 1. The van der Waals surface area contributed by atoms with E-state index in [0.717, 1.165) is 71.9 Å². The van der Waals surface area contributed by atoms with Crippen molar-refractivity contribution in [3.8, 4) is 17.0 Å². The van der Waals surface area contributed by atoms with Gasteiger partial charge in [0.15, 0.2) is 5.88 Å². The number of hydrogen-bond donors (Lipinski definition) is 2. The quantitative estimate of drug-likeness (QED) is 0.233. The molecule has 0 bridgehead atoms. The van der Waals surface area contributed by atoms with Gasteiger partial charge in [-0.25, -0.2) is 0 Å². The first-order valence-electron chi connectivity index (χ1n) is 14.3. The van der Waals surface area contributed by atoms with Crippen molar-refractivity contribution in [2.24, 2.45) is 0 Å². The molecule has 0 unspecified atom stereocenters. The van der Waals surface area contributed by atoms with Crippen LogP contribution in [0.25, 0.3) is 21.9 Å². The minimum Gasteiger partial charge on any atom is -0.494 e. The van der Waals surface area contributed by atoms with Crippen LogP contribution in [0.2, 0.25) is 0 Å². The molecule has 2 N–H and O–H groups in total. The van der Waals surface area contributed by atoms with Gasteiger partial charge in [0.2, 0.25) is 5.91 Å². The molecule has 0 atom stereocenters. The van der Waals surface area contributed by atoms with Gasteiger partial charge in [-0.05, 0) is 60.5 Å². The molecule has 5 nitrogen and oxygen atoms in total. The Hall–Kier alpha value is -3.78. The van der Waals surface area contributed by atoms with Crippen LogP contribution in [-0.2, 0) is 10.2 Å². The third kappa shape index (κ3) is 5.10. The highest BCUT2D eigenvalue weighted by molar-refractivity contribution is 6.00. The van der Waals surface area contributed by atoms with Gasteiger partial charge in [0.1, 0.15) is 12.0 Å². The Labute approximate surface area is 237 Å². The third-order valence-corrected chi connectivity index (χ3v) is 8.85. The normalized spacial score (nSPS) is 17.0. The summed E-state index contributed by atoms with van der Waals surface area (Å²) in [5, 5.41) is 14.9. The van der Waals surface area contributed by atoms with Gasteiger partial charge in [0.25, 0.3) is 0 Å². The molecule has 0 radical (unpaired) electrons. The molecule has 41 heavy (non-hydrogen) atoms. The Kier molecular flexibility index (Phi) is 7.28. The van der Waals surface area contributed by atoms with E-state index in [9.17, 15) is 23.1 Å². The van der Waals surface area contributed by atoms with E-state index in [2.05, 4.69) is 10.2 Å². The number of halogens is 3. The maximum absolute atomic E-state index is 13.7. The summed E-state index contributed by atoms with van der Waals surface area (Å²) >= 11 is 0. The van der Waals surface area contributed by atoms with Crippen molar-refractivity contribution in [3.05, 3.63) is 90.1 Å². The predicted octanol–water partition coefficient (Wildman–Crippen LogP) is 6.80. The maximum atomic E-state index is 13.7. The minimum absolute atomic E-state index is 0.241. The Morgan fingerprint density at radius 1 is 0.902 bits per heavy atom. The third-order valence-electron chi connectivity index (χ3n) is 8.85. The van der Waals surface area contributed by atoms with Crippen LogP contribution in [0.3, 0.4) is 0 Å². The molecule has 3 aromatic carbocycles. The zero-order chi connectivity index (χ0) is 28.6. The highest BCUT2D eigenvalue weighted by Crippen LogP contribution is 2.51. The number of amides is 1. The van der Waals surface area contributed by atoms with Crippen molar-refractivity contribution in [2.75, 3.05) is 26.2 Å². The fraction of sp³-hybridized carbons (Fsp3) is 0.364. The highest BCUT2D eigenvalue weighted by atomic mass is 19.4. The topological polar surface area (TPSA) is 57.5 Å². The van der Waals surface area contributed by atoms with E-state index >= 15 is 0 Å². The van der Waals surface area contributed by atoms with Gasteiger partial charge in [-0.1, -0.05) is 73.2 Å². The molecule has 1 saturated heterocycles. The van der Waals surface area contributed by atoms with Crippen molar-refractivity contribution >= 4 is 16.7 Å². The fourth-order valence-electron chi connectivity index (χ4n) is 6.87. The lowest BCUT2D eigenvalue weighted by Gasteiger charge is -2.34. The lowest BCUT2D eigenvalue weighted by molar-refractivity contribution is -0.141. The number of alkyl halides is 3. The fourth-order valence-corrected chi connectivity index (χ4v) is 6.87. The first kappa shape index (κ1) is 27.4. The van der Waals surface area contributed by atoms with Crippen LogP contribution in [0, 0.1) is 0 Å². The van der Waals surface area contributed by atoms with Gasteiger partial charge >= 0.3 is 6.18 Å². The number of nitrogens with zero attached hydrogens (tertiary/aromatic N) is 2. The summed E-state index contributed by atoms with van der Waals surface area (Å²) in [5.74, 6) is -0.266. The van der Waals surface area contributed by atoms with E-state index in [1.165, 1.54) is 0 Å². The van der Waals surface area contributed by atoms with Gasteiger partial charge < -0.3 is 19.9 Å². The summed E-state index contributed by atoms with van der Waals surface area (Å²) < 4.78 is 41.3. The monoisotopic (exact) mass is 561 g/mol. The van der Waals surface area contributed by atoms with Crippen molar-refractivity contribution in [1.29, 1.82) is 0 Å². The van der Waals surface area contributed by atoms with Crippen LogP contribution < -0.4 is 5.32 Å². The second kappa shape index (κ2) is 10.9. The molecule has 0 saturated carbocycles. The molecule has 0 spiro atoms. The molecular weight excluding hydrogens is 527 g/mol. The number of benzene rings is 3. The van der Waals surface area contributed by atoms with E-state index < -0.39 is 24.0 Å². The van der Waals surface area contributed by atoms with Crippen LogP contribution in [0.1, 0.15) is 49.3 Å². The average molecular weight is 562 g/mol. The second-order valence-corrected chi connectivity index (χ2v) is 11.3. The van der Waals surface area contributed by atoms with Crippen molar-refractivity contribution in [1.82, 2.24) is 14.8 Å². The van der Waals surface area contributed by atoms with E-state index in [-0.39, 0.29) is 6.04 Å². The number of aromatic hydroxyl groups is 1. The number of rotatable bonds is 8. The lowest BCUT2D eigenvalue weighted by atomic mass is 9.73. The predicted molar refractivity (Wildman–Crippen MR) is 154 cm³/mol. The summed E-state index contributed by atoms with van der Waals surface area (Å²) in [7, 11) is 0. The SMILES string of the molecule is O=C(NCC(F)(F)F)C1(CCCCN2CCC(n3cc4ccccc4c3O)CC2)c2ccccc2-c2ccccc21. The Bertz CT molecular complexity index is 1510. The Morgan fingerprint density at radius 3 is 2.15 bits per heavy atom. The summed E-state index contributed by atoms with van der Waals surface area (Å²) in [6.07, 6.45) is 1.38. The number of aromatic nitrogens is 1. The highest BCUT2D eigenvalue weighted by Gasteiger charge is 2.49. The molecule has 2 aliphatic rings. The Morgan fingerprint density at radius 2 is 1.51 bits per heavy atom. The zero-order valence-corrected chi connectivity index (χ0v) is 22.8. The Balaban J connectivity index is 1.13. The summed E-state index contributed by atoms with van der Waals surface area (Å²) in [6, 6.07) is 23.3. The first-order chi connectivity index (χ1) is 19.8. The number of unbranched alkanes of at least 4 members (excludes halogenated alkanes) is 1. The molecule has 1 aliphatic carbocycles. The maximum Gasteiger partial charge on any atom is 0.405 e. The van der Waals surface area contributed by atoms with Gasteiger partial charge in [-0.15, -0.1) is 0 Å². The second-order valence-electron chi connectivity index (χ2n) is 11.3. The summed E-state index contributed by atoms with van der Waals surface area (Å²) in [4.78, 5) is 16.1. The molecule has 214 valence electrons. The van der Waals surface area contributed by atoms with Crippen molar-refractivity contribution < 1.29 is 23.1 Å². The number of carbonyl (C=O) groups excluding carboxylic acids is 1. The molecule has 1 aliphatic heterocycles. The van der Waals surface area contributed by atoms with Crippen LogP contribution in [-0.4, -0.2) is 52.8 Å². The molecule has 2 heterocycles. The van der Waals surface area contributed by atoms with Crippen LogP contribution in [0.4, 0.5) is 13.2 Å². The van der Waals surface area contributed by atoms with Crippen molar-refractivity contribution in [3.63, 3.8) is 0 Å². The van der Waals surface area contributed by atoms with E-state index in [1.807, 2.05) is 83.6 Å². The number of carbonyl (C=O) groups is 1. The van der Waals surface area contributed by atoms with Gasteiger partial charge in [-0.3, -0.25) is 4.79 Å². The molecule has 8 heteroatoms. The molecule has 4 aromatic rings. The largest absolute Gasteiger partial charge is 0.494 e. The zero-order valence-electron chi connectivity index (χ0n) is 22.8. The number of piperidine rings is 1. The number of nitrogens with one attached hydrogen (secondary N) is 1. The van der Waals surface area contributed by atoms with E-state index in [0.29, 0.717) is 18.7 Å². The van der Waals surface area contributed by atoms with E-state index in [4.69, 9.17) is 0 Å².